The molecule has 1 unspecified atom stereocenters. The number of hydrogen-bond acceptors (Lipinski definition) is 4. The van der Waals surface area contributed by atoms with Crippen molar-refractivity contribution in [1.82, 2.24) is 10.6 Å². The van der Waals surface area contributed by atoms with E-state index in [1.54, 1.807) is 18.4 Å². The number of aliphatic carboxylic acids is 1. The van der Waals surface area contributed by atoms with Crippen LogP contribution in [0.3, 0.4) is 0 Å². The van der Waals surface area contributed by atoms with Gasteiger partial charge >= 0.3 is 5.97 Å². The minimum absolute atomic E-state index is 0.455. The maximum absolute atomic E-state index is 10.7. The Morgan fingerprint density at radius 2 is 2.38 bits per heavy atom. The lowest BCUT2D eigenvalue weighted by atomic mass is 10.2. The van der Waals surface area contributed by atoms with E-state index in [9.17, 15) is 4.79 Å². The normalized spacial score (nSPS) is 12.6. The topological polar surface area (TPSA) is 61.4 Å². The van der Waals surface area contributed by atoms with Gasteiger partial charge in [0.05, 0.1) is 0 Å². The monoisotopic (exact) mass is 242 g/mol. The van der Waals surface area contributed by atoms with E-state index in [-0.39, 0.29) is 0 Å². The minimum atomic E-state index is -0.817. The first kappa shape index (κ1) is 13.2. The Hall–Kier alpha value is -0.910. The lowest BCUT2D eigenvalue weighted by Gasteiger charge is -2.11. The van der Waals surface area contributed by atoms with Gasteiger partial charge in [-0.25, -0.2) is 0 Å². The molecule has 0 fully saturated rings. The highest BCUT2D eigenvalue weighted by molar-refractivity contribution is 7.10. The number of carboxylic acid groups (broad SMARTS) is 1. The molecule has 0 saturated heterocycles. The molecule has 1 aromatic heterocycles. The zero-order chi connectivity index (χ0) is 12.0. The van der Waals surface area contributed by atoms with Crippen LogP contribution < -0.4 is 10.6 Å². The molecule has 1 aromatic rings. The Balaban J connectivity index is 2.21. The smallest absolute Gasteiger partial charge is 0.322 e. The van der Waals surface area contributed by atoms with Crippen molar-refractivity contribution < 1.29 is 9.90 Å². The highest BCUT2D eigenvalue weighted by atomic mass is 32.1. The summed E-state index contributed by atoms with van der Waals surface area (Å²) in [6, 6.07) is 1.60. The molecule has 0 aliphatic rings. The van der Waals surface area contributed by atoms with Crippen LogP contribution in [0.15, 0.2) is 11.4 Å². The molecular formula is C11H18N2O2S. The van der Waals surface area contributed by atoms with Crippen LogP contribution in [-0.2, 0) is 11.2 Å². The van der Waals surface area contributed by atoms with Gasteiger partial charge in [0, 0.05) is 18.0 Å². The average Bonchev–Trinajstić information content (AvgIpc) is 2.64. The van der Waals surface area contributed by atoms with Crippen LogP contribution in [-0.4, -0.2) is 37.3 Å². The molecule has 1 atom stereocenters. The second-order valence-corrected chi connectivity index (χ2v) is 4.66. The van der Waals surface area contributed by atoms with Gasteiger partial charge in [0.15, 0.2) is 0 Å². The van der Waals surface area contributed by atoms with Gasteiger partial charge in [0.2, 0.25) is 0 Å². The van der Waals surface area contributed by atoms with Crippen molar-refractivity contribution >= 4 is 17.3 Å². The quantitative estimate of drug-likeness (QED) is 0.621. The predicted octanol–water partition coefficient (Wildman–Crippen LogP) is 0.861. The van der Waals surface area contributed by atoms with Crippen LogP contribution in [0.4, 0.5) is 0 Å². The summed E-state index contributed by atoms with van der Waals surface area (Å²) in [4.78, 5) is 12.1. The fourth-order valence-corrected chi connectivity index (χ4v) is 2.33. The molecule has 4 nitrogen and oxygen atoms in total. The van der Waals surface area contributed by atoms with Gasteiger partial charge in [-0.1, -0.05) is 0 Å². The highest BCUT2D eigenvalue weighted by Crippen LogP contribution is 2.15. The van der Waals surface area contributed by atoms with Gasteiger partial charge in [0.1, 0.15) is 6.04 Å². The number of nitrogens with one attached hydrogen (secondary N) is 2. The van der Waals surface area contributed by atoms with Gasteiger partial charge in [-0.3, -0.25) is 4.79 Å². The van der Waals surface area contributed by atoms with Crippen LogP contribution in [0, 0.1) is 6.92 Å². The van der Waals surface area contributed by atoms with Crippen LogP contribution in [0.25, 0.3) is 0 Å². The zero-order valence-electron chi connectivity index (χ0n) is 9.62. The number of aryl methyl sites for hydroxylation is 1. The molecule has 0 aliphatic carbocycles. The number of carbonyl (C=O) groups is 1. The van der Waals surface area contributed by atoms with Gasteiger partial charge in [0.25, 0.3) is 0 Å². The Labute approximate surface area is 99.7 Å². The summed E-state index contributed by atoms with van der Waals surface area (Å²) in [6.45, 7) is 3.36. The average molecular weight is 242 g/mol. The summed E-state index contributed by atoms with van der Waals surface area (Å²) < 4.78 is 0. The summed E-state index contributed by atoms with van der Waals surface area (Å²) in [5, 5.41) is 16.8. The van der Waals surface area contributed by atoms with Crippen LogP contribution in [0.2, 0.25) is 0 Å². The first-order valence-electron chi connectivity index (χ1n) is 5.29. The molecule has 0 radical (unpaired) electrons. The van der Waals surface area contributed by atoms with Crippen molar-refractivity contribution in [3.8, 4) is 0 Å². The van der Waals surface area contributed by atoms with Crippen LogP contribution in [0.1, 0.15) is 10.4 Å². The van der Waals surface area contributed by atoms with Gasteiger partial charge in [-0.2, -0.15) is 0 Å². The molecule has 0 amide bonds. The number of hydrogen-bond donors (Lipinski definition) is 3. The van der Waals surface area contributed by atoms with Crippen molar-refractivity contribution in [3.63, 3.8) is 0 Å². The van der Waals surface area contributed by atoms with Gasteiger partial charge in [-0.05, 0) is 37.4 Å². The van der Waals surface area contributed by atoms with E-state index >= 15 is 0 Å². The fourth-order valence-electron chi connectivity index (χ4n) is 1.42. The first-order chi connectivity index (χ1) is 7.65. The molecule has 90 valence electrons. The minimum Gasteiger partial charge on any atom is -0.480 e. The number of likely N-dealkylation sites (N-methyl/N-ethyl adjacent to an activating group) is 1. The van der Waals surface area contributed by atoms with E-state index < -0.39 is 12.0 Å². The van der Waals surface area contributed by atoms with E-state index in [0.29, 0.717) is 6.54 Å². The molecule has 5 heteroatoms. The summed E-state index contributed by atoms with van der Waals surface area (Å²) >= 11 is 1.75. The van der Waals surface area contributed by atoms with Crippen molar-refractivity contribution in [2.45, 2.75) is 19.4 Å². The first-order valence-corrected chi connectivity index (χ1v) is 6.17. The Kier molecular flexibility index (Phi) is 5.45. The maximum Gasteiger partial charge on any atom is 0.322 e. The number of rotatable bonds is 7. The highest BCUT2D eigenvalue weighted by Gasteiger charge is 2.13. The second kappa shape index (κ2) is 6.62. The molecule has 0 spiro atoms. The van der Waals surface area contributed by atoms with Gasteiger partial charge in [-0.15, -0.1) is 11.3 Å². The lowest BCUT2D eigenvalue weighted by Crippen LogP contribution is -2.43. The predicted molar refractivity (Wildman–Crippen MR) is 66.1 cm³/mol. The van der Waals surface area contributed by atoms with Crippen LogP contribution in [0.5, 0.6) is 0 Å². The van der Waals surface area contributed by atoms with Gasteiger partial charge < -0.3 is 15.7 Å². The standard InChI is InChI=1S/C11H18N2O2S/c1-8-4-6-16-10(8)3-5-13-7-9(12-2)11(14)15/h4,6,9,12-13H,3,5,7H2,1-2H3,(H,14,15). The summed E-state index contributed by atoms with van der Waals surface area (Å²) in [6.07, 6.45) is 0.958. The molecule has 1 heterocycles. The molecule has 0 aliphatic heterocycles. The van der Waals surface area contributed by atoms with E-state index in [1.165, 1.54) is 10.4 Å². The number of thiophene rings is 1. The maximum atomic E-state index is 10.7. The SMILES string of the molecule is CNC(CNCCc1sccc1C)C(=O)O. The third kappa shape index (κ3) is 3.92. The third-order valence-electron chi connectivity index (χ3n) is 2.49. The third-order valence-corrected chi connectivity index (χ3v) is 3.57. The largest absolute Gasteiger partial charge is 0.480 e. The van der Waals surface area contributed by atoms with Crippen molar-refractivity contribution in [2.75, 3.05) is 20.1 Å². The number of carboxylic acids is 1. The molecule has 16 heavy (non-hydrogen) atoms. The Morgan fingerprint density at radius 1 is 1.62 bits per heavy atom. The Morgan fingerprint density at radius 3 is 2.88 bits per heavy atom. The van der Waals surface area contributed by atoms with Crippen molar-refractivity contribution in [3.05, 3.63) is 21.9 Å². The van der Waals surface area contributed by atoms with Crippen LogP contribution >= 0.6 is 11.3 Å². The zero-order valence-corrected chi connectivity index (χ0v) is 10.4. The fraction of sp³-hybridized carbons (Fsp3) is 0.545. The molecule has 1 rings (SSSR count). The van der Waals surface area contributed by atoms with E-state index in [0.717, 1.165) is 13.0 Å². The molecule has 0 bridgehead atoms. The van der Waals surface area contributed by atoms with Crippen molar-refractivity contribution in [2.24, 2.45) is 0 Å². The van der Waals surface area contributed by atoms with E-state index in [2.05, 4.69) is 29.0 Å². The second-order valence-electron chi connectivity index (χ2n) is 3.66. The van der Waals surface area contributed by atoms with E-state index in [1.807, 2.05) is 0 Å². The summed E-state index contributed by atoms with van der Waals surface area (Å²) in [7, 11) is 1.66. The molecule has 3 N–H and O–H groups in total. The Bertz CT molecular complexity index is 338. The summed E-state index contributed by atoms with van der Waals surface area (Å²) in [5.74, 6) is -0.817. The van der Waals surface area contributed by atoms with Crippen molar-refractivity contribution in [1.29, 1.82) is 0 Å². The summed E-state index contributed by atoms with van der Waals surface area (Å²) in [5.41, 5.74) is 1.32. The molecule has 0 saturated carbocycles. The lowest BCUT2D eigenvalue weighted by molar-refractivity contribution is -0.139. The molecular weight excluding hydrogens is 224 g/mol. The van der Waals surface area contributed by atoms with E-state index in [4.69, 9.17) is 5.11 Å². The molecule has 0 aromatic carbocycles.